The van der Waals surface area contributed by atoms with Crippen LogP contribution >= 0.6 is 23.2 Å². The van der Waals surface area contributed by atoms with Crippen LogP contribution in [0.5, 0.6) is 0 Å². The molecule has 9 heteroatoms. The third-order valence-corrected chi connectivity index (χ3v) is 3.61. The fourth-order valence-electron chi connectivity index (χ4n) is 0.986. The average Bonchev–Trinajstić information content (AvgIpc) is 1.97. The normalized spacial score (nSPS) is 12.9. The fraction of sp³-hybridized carbons (Fsp3) is 0.286. The predicted octanol–water partition coefficient (Wildman–Crippen LogP) is 2.81. The fourth-order valence-corrected chi connectivity index (χ4v) is 3.11. The maximum absolute atomic E-state index is 12.4. The van der Waals surface area contributed by atoms with Gasteiger partial charge in [0.25, 0.3) is 0 Å². The van der Waals surface area contributed by atoms with Crippen LogP contribution in [0.3, 0.4) is 0 Å². The van der Waals surface area contributed by atoms with E-state index in [1.807, 2.05) is 0 Å². The number of pyridine rings is 1. The van der Waals surface area contributed by atoms with Gasteiger partial charge in [-0.15, -0.1) is 0 Å². The maximum atomic E-state index is 12.4. The largest absolute Gasteiger partial charge is 0.434 e. The highest BCUT2D eigenvalue weighted by Crippen LogP contribution is 2.38. The Kier molecular flexibility index (Phi) is 3.42. The molecule has 0 aliphatic rings. The molecule has 3 nitrogen and oxygen atoms in total. The Morgan fingerprint density at radius 3 is 2.19 bits per heavy atom. The van der Waals surface area contributed by atoms with Crippen molar-refractivity contribution in [3.05, 3.63) is 21.9 Å². The Bertz CT molecular complexity index is 527. The number of aromatic nitrogens is 1. The van der Waals surface area contributed by atoms with Crippen LogP contribution in [0.25, 0.3) is 0 Å². The predicted molar refractivity (Wildman–Crippen MR) is 52.4 cm³/mol. The molecule has 0 amide bonds. The van der Waals surface area contributed by atoms with E-state index in [9.17, 15) is 21.6 Å². The first-order valence-electron chi connectivity index (χ1n) is 3.66. The third kappa shape index (κ3) is 2.58. The van der Waals surface area contributed by atoms with Gasteiger partial charge in [0.05, 0.1) is 10.0 Å². The number of alkyl halides is 3. The van der Waals surface area contributed by atoms with E-state index in [0.29, 0.717) is 12.5 Å². The molecule has 0 spiro atoms. The number of nitrogens with zero attached hydrogens (tertiary/aromatic N) is 1. The van der Waals surface area contributed by atoms with Crippen LogP contribution in [0, 0.1) is 0 Å². The summed E-state index contributed by atoms with van der Waals surface area (Å²) in [5.74, 6) is 0. The second-order valence-electron chi connectivity index (χ2n) is 2.87. The van der Waals surface area contributed by atoms with Gasteiger partial charge in [0.1, 0.15) is 4.90 Å². The molecular formula is C7H4Cl2F3NO2S. The van der Waals surface area contributed by atoms with Crippen molar-refractivity contribution in [2.75, 3.05) is 6.26 Å². The van der Waals surface area contributed by atoms with Crippen LogP contribution in [0.1, 0.15) is 5.69 Å². The van der Waals surface area contributed by atoms with Gasteiger partial charge in [0, 0.05) is 12.5 Å². The first-order valence-corrected chi connectivity index (χ1v) is 6.31. The Labute approximate surface area is 99.1 Å². The molecule has 0 unspecified atom stereocenters. The Morgan fingerprint density at radius 1 is 1.31 bits per heavy atom. The zero-order valence-electron chi connectivity index (χ0n) is 7.64. The van der Waals surface area contributed by atoms with Gasteiger partial charge in [-0.1, -0.05) is 23.2 Å². The van der Waals surface area contributed by atoms with Gasteiger partial charge in [0.15, 0.2) is 15.5 Å². The van der Waals surface area contributed by atoms with Crippen LogP contribution in [0.2, 0.25) is 10.0 Å². The van der Waals surface area contributed by atoms with E-state index in [2.05, 4.69) is 4.98 Å². The van der Waals surface area contributed by atoms with Crippen LogP contribution in [0.15, 0.2) is 11.1 Å². The molecule has 1 aromatic heterocycles. The summed E-state index contributed by atoms with van der Waals surface area (Å²) in [6.45, 7) is 0. The summed E-state index contributed by atoms with van der Waals surface area (Å²) in [4.78, 5) is 2.20. The molecule has 1 rings (SSSR count). The SMILES string of the molecule is CS(=O)(=O)c1c(Cl)cnc(C(F)(F)F)c1Cl. The van der Waals surface area contributed by atoms with Crippen LogP contribution < -0.4 is 0 Å². The van der Waals surface area contributed by atoms with Gasteiger partial charge in [0.2, 0.25) is 0 Å². The Hall–Kier alpha value is -0.530. The van der Waals surface area contributed by atoms with Crippen molar-refractivity contribution in [3.8, 4) is 0 Å². The van der Waals surface area contributed by atoms with Crippen molar-refractivity contribution in [1.82, 2.24) is 4.98 Å². The second kappa shape index (κ2) is 4.05. The number of hydrogen-bond donors (Lipinski definition) is 0. The highest BCUT2D eigenvalue weighted by atomic mass is 35.5. The number of sulfone groups is 1. The molecule has 0 atom stereocenters. The molecule has 16 heavy (non-hydrogen) atoms. The second-order valence-corrected chi connectivity index (χ2v) is 5.61. The molecule has 0 aliphatic heterocycles. The van der Waals surface area contributed by atoms with Gasteiger partial charge >= 0.3 is 6.18 Å². The molecule has 0 fully saturated rings. The van der Waals surface area contributed by atoms with E-state index < -0.39 is 36.6 Å². The number of halogens is 5. The summed E-state index contributed by atoms with van der Waals surface area (Å²) in [7, 11) is -3.95. The smallest absolute Gasteiger partial charge is 0.249 e. The monoisotopic (exact) mass is 293 g/mol. The van der Waals surface area contributed by atoms with E-state index in [4.69, 9.17) is 23.2 Å². The topological polar surface area (TPSA) is 47.0 Å². The highest BCUT2D eigenvalue weighted by molar-refractivity contribution is 7.91. The van der Waals surface area contributed by atoms with Gasteiger partial charge in [-0.2, -0.15) is 13.2 Å². The average molecular weight is 294 g/mol. The van der Waals surface area contributed by atoms with Crippen molar-refractivity contribution in [3.63, 3.8) is 0 Å². The summed E-state index contributed by atoms with van der Waals surface area (Å²) in [6, 6.07) is 0. The van der Waals surface area contributed by atoms with E-state index in [-0.39, 0.29) is 0 Å². The van der Waals surface area contributed by atoms with Gasteiger partial charge < -0.3 is 0 Å². The molecule has 0 radical (unpaired) electrons. The molecule has 0 N–H and O–H groups in total. The van der Waals surface area contributed by atoms with Crippen molar-refractivity contribution in [1.29, 1.82) is 0 Å². The van der Waals surface area contributed by atoms with E-state index in [1.54, 1.807) is 0 Å². The van der Waals surface area contributed by atoms with Crippen LogP contribution in [-0.4, -0.2) is 19.7 Å². The molecule has 0 aliphatic carbocycles. The molecule has 1 heterocycles. The van der Waals surface area contributed by atoms with Crippen molar-refractivity contribution in [2.45, 2.75) is 11.1 Å². The molecule has 1 aromatic rings. The van der Waals surface area contributed by atoms with E-state index in [1.165, 1.54) is 0 Å². The van der Waals surface area contributed by atoms with E-state index >= 15 is 0 Å². The lowest BCUT2D eigenvalue weighted by atomic mass is 10.3. The quantitative estimate of drug-likeness (QED) is 0.800. The van der Waals surface area contributed by atoms with E-state index in [0.717, 1.165) is 0 Å². The van der Waals surface area contributed by atoms with Gasteiger partial charge in [-0.3, -0.25) is 0 Å². The van der Waals surface area contributed by atoms with Crippen molar-refractivity contribution in [2.24, 2.45) is 0 Å². The summed E-state index contributed by atoms with van der Waals surface area (Å²) in [5, 5.41) is -1.46. The Morgan fingerprint density at radius 2 is 1.81 bits per heavy atom. The minimum Gasteiger partial charge on any atom is -0.249 e. The maximum Gasteiger partial charge on any atom is 0.434 e. The van der Waals surface area contributed by atoms with Gasteiger partial charge in [-0.25, -0.2) is 13.4 Å². The highest BCUT2D eigenvalue weighted by Gasteiger charge is 2.38. The first-order chi connectivity index (χ1) is 7.05. The summed E-state index contributed by atoms with van der Waals surface area (Å²) in [5.41, 5.74) is -1.47. The standard InChI is InChI=1S/C7H4Cl2F3NO2S/c1-16(14,15)5-3(8)2-13-6(4(5)9)7(10,11)12/h2H,1H3. The zero-order chi connectivity index (χ0) is 12.7. The van der Waals surface area contributed by atoms with Crippen molar-refractivity contribution < 1.29 is 21.6 Å². The van der Waals surface area contributed by atoms with Crippen LogP contribution in [-0.2, 0) is 16.0 Å². The summed E-state index contributed by atoms with van der Waals surface area (Å²) in [6.07, 6.45) is -3.52. The number of rotatable bonds is 1. The lowest BCUT2D eigenvalue weighted by molar-refractivity contribution is -0.141. The molecule has 0 bridgehead atoms. The lowest BCUT2D eigenvalue weighted by Crippen LogP contribution is -2.12. The molecule has 0 saturated heterocycles. The molecular weight excluding hydrogens is 290 g/mol. The summed E-state index contributed by atoms with van der Waals surface area (Å²) < 4.78 is 59.5. The van der Waals surface area contributed by atoms with Crippen LogP contribution in [0.4, 0.5) is 13.2 Å². The zero-order valence-corrected chi connectivity index (χ0v) is 9.97. The molecule has 0 saturated carbocycles. The van der Waals surface area contributed by atoms with Crippen molar-refractivity contribution >= 4 is 33.0 Å². The Balaban J connectivity index is 3.65. The first kappa shape index (κ1) is 13.5. The minimum absolute atomic E-state index is 0.444. The number of hydrogen-bond acceptors (Lipinski definition) is 3. The van der Waals surface area contributed by atoms with Gasteiger partial charge in [-0.05, 0) is 0 Å². The molecule has 0 aromatic carbocycles. The summed E-state index contributed by atoms with van der Waals surface area (Å²) >= 11 is 10.8. The molecule has 90 valence electrons. The third-order valence-electron chi connectivity index (χ3n) is 1.57. The minimum atomic E-state index is -4.83. The lowest BCUT2D eigenvalue weighted by Gasteiger charge is -2.11.